The first-order valence-electron chi connectivity index (χ1n) is 6.45. The first kappa shape index (κ1) is 17.4. The van der Waals surface area contributed by atoms with Gasteiger partial charge >= 0.3 is 5.97 Å². The molecule has 0 saturated carbocycles. The minimum atomic E-state index is -0.849. The highest BCUT2D eigenvalue weighted by molar-refractivity contribution is 9.10. The Bertz CT molecular complexity index is 510. The van der Waals surface area contributed by atoms with Crippen molar-refractivity contribution in [2.75, 3.05) is 13.2 Å². The zero-order valence-corrected chi connectivity index (χ0v) is 13.2. The molecule has 0 heterocycles. The fourth-order valence-electron chi connectivity index (χ4n) is 1.55. The van der Waals surface area contributed by atoms with Gasteiger partial charge in [-0.3, -0.25) is 9.59 Å². The van der Waals surface area contributed by atoms with Crippen molar-refractivity contribution in [1.29, 1.82) is 0 Å². The predicted octanol–water partition coefficient (Wildman–Crippen LogP) is 2.58. The maximum atomic E-state index is 12.9. The van der Waals surface area contributed by atoms with Gasteiger partial charge in [-0.1, -0.05) is 6.92 Å². The smallest absolute Gasteiger partial charge is 0.303 e. The summed E-state index contributed by atoms with van der Waals surface area (Å²) in [5.41, 5.74) is 0. The van der Waals surface area contributed by atoms with Crippen LogP contribution in [0, 0.1) is 11.7 Å². The molecule has 0 spiro atoms. The first-order chi connectivity index (χ1) is 9.88. The minimum absolute atomic E-state index is 0.0719. The van der Waals surface area contributed by atoms with Crippen LogP contribution in [0.2, 0.25) is 0 Å². The van der Waals surface area contributed by atoms with Crippen molar-refractivity contribution in [2.45, 2.75) is 19.8 Å². The summed E-state index contributed by atoms with van der Waals surface area (Å²) >= 11 is 3.14. The summed E-state index contributed by atoms with van der Waals surface area (Å²) in [6.45, 7) is 2.07. The molecule has 0 aliphatic heterocycles. The average Bonchev–Trinajstić information content (AvgIpc) is 2.41. The molecule has 116 valence electrons. The molecule has 1 amide bonds. The number of benzene rings is 1. The van der Waals surface area contributed by atoms with Crippen molar-refractivity contribution < 1.29 is 23.8 Å². The molecule has 0 aliphatic carbocycles. The number of amides is 1. The SMILES string of the molecule is CC(CCC(=O)O)CNC(=O)COc1ccc(F)cc1Br. The quantitative estimate of drug-likeness (QED) is 0.746. The Balaban J connectivity index is 2.29. The van der Waals surface area contributed by atoms with Crippen LogP contribution in [0.25, 0.3) is 0 Å². The molecule has 1 aromatic carbocycles. The Morgan fingerprint density at radius 2 is 2.19 bits per heavy atom. The first-order valence-corrected chi connectivity index (χ1v) is 7.24. The van der Waals surface area contributed by atoms with E-state index in [9.17, 15) is 14.0 Å². The van der Waals surface area contributed by atoms with Crippen molar-refractivity contribution in [2.24, 2.45) is 5.92 Å². The molecule has 1 atom stereocenters. The van der Waals surface area contributed by atoms with Gasteiger partial charge in [0.15, 0.2) is 6.61 Å². The summed E-state index contributed by atoms with van der Waals surface area (Å²) in [4.78, 5) is 22.0. The Kier molecular flexibility index (Phi) is 7.14. The molecule has 0 aliphatic rings. The van der Waals surface area contributed by atoms with Gasteiger partial charge in [-0.2, -0.15) is 0 Å². The van der Waals surface area contributed by atoms with E-state index >= 15 is 0 Å². The van der Waals surface area contributed by atoms with Gasteiger partial charge in [0.2, 0.25) is 0 Å². The van der Waals surface area contributed by atoms with Crippen molar-refractivity contribution in [3.63, 3.8) is 0 Å². The molecule has 1 rings (SSSR count). The van der Waals surface area contributed by atoms with Gasteiger partial charge in [-0.15, -0.1) is 0 Å². The Labute approximate surface area is 130 Å². The number of aliphatic carboxylic acids is 1. The van der Waals surface area contributed by atoms with Crippen LogP contribution in [0.5, 0.6) is 5.75 Å². The normalized spacial score (nSPS) is 11.8. The Hall–Kier alpha value is -1.63. The number of hydrogen-bond acceptors (Lipinski definition) is 3. The van der Waals surface area contributed by atoms with E-state index in [1.165, 1.54) is 18.2 Å². The lowest BCUT2D eigenvalue weighted by Gasteiger charge is -2.12. The number of carboxylic acid groups (broad SMARTS) is 1. The lowest BCUT2D eigenvalue weighted by atomic mass is 10.1. The molecular weight excluding hydrogens is 345 g/mol. The highest BCUT2D eigenvalue weighted by Crippen LogP contribution is 2.25. The van der Waals surface area contributed by atoms with Crippen LogP contribution >= 0.6 is 15.9 Å². The van der Waals surface area contributed by atoms with E-state index in [0.717, 1.165) is 0 Å². The summed E-state index contributed by atoms with van der Waals surface area (Å²) in [5.74, 6) is -1.11. The van der Waals surface area contributed by atoms with Crippen molar-refractivity contribution in [3.05, 3.63) is 28.5 Å². The topological polar surface area (TPSA) is 75.6 Å². The number of rotatable bonds is 8. The van der Waals surface area contributed by atoms with Crippen LogP contribution in [0.1, 0.15) is 19.8 Å². The molecule has 0 radical (unpaired) electrons. The van der Waals surface area contributed by atoms with Gasteiger partial charge in [0.25, 0.3) is 5.91 Å². The highest BCUT2D eigenvalue weighted by Gasteiger charge is 2.09. The number of hydrogen-bond donors (Lipinski definition) is 2. The van der Waals surface area contributed by atoms with Gasteiger partial charge in [0, 0.05) is 13.0 Å². The summed E-state index contributed by atoms with van der Waals surface area (Å²) in [6.07, 6.45) is 0.579. The lowest BCUT2D eigenvalue weighted by molar-refractivity contribution is -0.137. The molecule has 0 saturated heterocycles. The third-order valence-corrected chi connectivity index (χ3v) is 3.37. The van der Waals surface area contributed by atoms with Gasteiger partial charge < -0.3 is 15.2 Å². The molecule has 1 unspecified atom stereocenters. The fraction of sp³-hybridized carbons (Fsp3) is 0.429. The molecule has 7 heteroatoms. The number of nitrogens with one attached hydrogen (secondary N) is 1. The van der Waals surface area contributed by atoms with E-state index in [1.54, 1.807) is 0 Å². The third kappa shape index (κ3) is 7.08. The third-order valence-electron chi connectivity index (χ3n) is 2.75. The van der Waals surface area contributed by atoms with E-state index in [4.69, 9.17) is 9.84 Å². The Morgan fingerprint density at radius 1 is 1.48 bits per heavy atom. The maximum Gasteiger partial charge on any atom is 0.303 e. The molecule has 1 aromatic rings. The second-order valence-electron chi connectivity index (χ2n) is 4.71. The predicted molar refractivity (Wildman–Crippen MR) is 78.6 cm³/mol. The number of carbonyl (C=O) groups is 2. The van der Waals surface area contributed by atoms with Crippen molar-refractivity contribution in [3.8, 4) is 5.75 Å². The summed E-state index contributed by atoms with van der Waals surface area (Å²) in [6, 6.07) is 3.93. The Morgan fingerprint density at radius 3 is 2.81 bits per heavy atom. The van der Waals surface area contributed by atoms with Crippen LogP contribution in [0.4, 0.5) is 4.39 Å². The van der Waals surface area contributed by atoms with E-state index in [-0.39, 0.29) is 24.9 Å². The van der Waals surface area contributed by atoms with Crippen LogP contribution < -0.4 is 10.1 Å². The molecule has 21 heavy (non-hydrogen) atoms. The molecule has 0 aromatic heterocycles. The second kappa shape index (κ2) is 8.61. The van der Waals surface area contributed by atoms with E-state index in [2.05, 4.69) is 21.2 Å². The minimum Gasteiger partial charge on any atom is -0.483 e. The number of carboxylic acids is 1. The van der Waals surface area contributed by atoms with E-state index in [1.807, 2.05) is 6.92 Å². The van der Waals surface area contributed by atoms with E-state index < -0.39 is 11.8 Å². The van der Waals surface area contributed by atoms with Crippen LogP contribution in [0.15, 0.2) is 22.7 Å². The largest absolute Gasteiger partial charge is 0.483 e. The van der Waals surface area contributed by atoms with Gasteiger partial charge in [-0.05, 0) is 46.5 Å². The second-order valence-corrected chi connectivity index (χ2v) is 5.56. The zero-order chi connectivity index (χ0) is 15.8. The maximum absolute atomic E-state index is 12.9. The highest BCUT2D eigenvalue weighted by atomic mass is 79.9. The summed E-state index contributed by atoms with van der Waals surface area (Å²) < 4.78 is 18.6. The fourth-order valence-corrected chi connectivity index (χ4v) is 2.01. The van der Waals surface area contributed by atoms with Crippen LogP contribution in [-0.2, 0) is 9.59 Å². The lowest BCUT2D eigenvalue weighted by Crippen LogP contribution is -2.32. The standard InChI is InChI=1S/C14H17BrFNO4/c1-9(2-5-14(19)20)7-17-13(18)8-21-12-4-3-10(16)6-11(12)15/h3-4,6,9H,2,5,7-8H2,1H3,(H,17,18)(H,19,20). The van der Waals surface area contributed by atoms with Crippen LogP contribution in [-0.4, -0.2) is 30.1 Å². The van der Waals surface area contributed by atoms with Crippen molar-refractivity contribution >= 4 is 27.8 Å². The van der Waals surface area contributed by atoms with E-state index in [0.29, 0.717) is 23.2 Å². The molecule has 2 N–H and O–H groups in total. The zero-order valence-electron chi connectivity index (χ0n) is 11.6. The number of halogens is 2. The van der Waals surface area contributed by atoms with Crippen LogP contribution in [0.3, 0.4) is 0 Å². The summed E-state index contributed by atoms with van der Waals surface area (Å²) in [5, 5.41) is 11.2. The number of carbonyl (C=O) groups excluding carboxylic acids is 1. The van der Waals surface area contributed by atoms with Gasteiger partial charge in [-0.25, -0.2) is 4.39 Å². The molecule has 5 nitrogen and oxygen atoms in total. The van der Waals surface area contributed by atoms with Crippen molar-refractivity contribution in [1.82, 2.24) is 5.32 Å². The molecule has 0 bridgehead atoms. The van der Waals surface area contributed by atoms with Gasteiger partial charge in [0.05, 0.1) is 4.47 Å². The average molecular weight is 362 g/mol. The monoisotopic (exact) mass is 361 g/mol. The molecule has 0 fully saturated rings. The molecular formula is C14H17BrFNO4. The summed E-state index contributed by atoms with van der Waals surface area (Å²) in [7, 11) is 0. The number of ether oxygens (including phenoxy) is 1. The van der Waals surface area contributed by atoms with Gasteiger partial charge in [0.1, 0.15) is 11.6 Å².